The van der Waals surface area contributed by atoms with E-state index in [1.807, 2.05) is 32.2 Å². The second-order valence-corrected chi connectivity index (χ2v) is 5.86. The van der Waals surface area contributed by atoms with Gasteiger partial charge in [0.1, 0.15) is 5.82 Å². The van der Waals surface area contributed by atoms with Crippen molar-refractivity contribution >= 4 is 11.0 Å². The fourth-order valence-corrected chi connectivity index (χ4v) is 2.43. The average Bonchev–Trinajstić information content (AvgIpc) is 2.81. The molecule has 2 atom stereocenters. The van der Waals surface area contributed by atoms with Gasteiger partial charge in [0.25, 0.3) is 0 Å². The van der Waals surface area contributed by atoms with Crippen LogP contribution in [0.2, 0.25) is 0 Å². The lowest BCUT2D eigenvalue weighted by Gasteiger charge is -2.25. The molecule has 2 rings (SSSR count). The molecule has 5 nitrogen and oxygen atoms in total. The Kier molecular flexibility index (Phi) is 4.98. The standard InChI is InChI=1S/C16H25N3O2/c1-12(17-11-16(2,20)9-10-21-4)15-18-13-7-5-6-8-14(13)19(15)3/h5-8,12,17,20H,9-11H2,1-4H3. The van der Waals surface area contributed by atoms with Crippen LogP contribution in [0.1, 0.15) is 32.1 Å². The summed E-state index contributed by atoms with van der Waals surface area (Å²) < 4.78 is 7.12. The molecular formula is C16H25N3O2. The number of imidazole rings is 1. The van der Waals surface area contributed by atoms with Gasteiger partial charge in [-0.3, -0.25) is 0 Å². The van der Waals surface area contributed by atoms with Gasteiger partial charge < -0.3 is 19.7 Å². The zero-order valence-electron chi connectivity index (χ0n) is 13.3. The average molecular weight is 291 g/mol. The normalized spacial score (nSPS) is 16.0. The monoisotopic (exact) mass is 291 g/mol. The van der Waals surface area contributed by atoms with Crippen molar-refractivity contribution in [2.45, 2.75) is 31.9 Å². The third kappa shape index (κ3) is 3.81. The third-order valence-corrected chi connectivity index (χ3v) is 3.84. The Morgan fingerprint density at radius 2 is 2.14 bits per heavy atom. The Balaban J connectivity index is 2.05. The van der Waals surface area contributed by atoms with Gasteiger partial charge in [0.05, 0.1) is 22.7 Å². The number of nitrogens with zero attached hydrogens (tertiary/aromatic N) is 2. The highest BCUT2D eigenvalue weighted by atomic mass is 16.5. The predicted molar refractivity (Wildman–Crippen MR) is 84.2 cm³/mol. The number of ether oxygens (including phenoxy) is 1. The van der Waals surface area contributed by atoms with E-state index in [-0.39, 0.29) is 6.04 Å². The van der Waals surface area contributed by atoms with Crippen LogP contribution in [0, 0.1) is 0 Å². The highest BCUT2D eigenvalue weighted by Crippen LogP contribution is 2.19. The highest BCUT2D eigenvalue weighted by Gasteiger charge is 2.22. The first-order valence-electron chi connectivity index (χ1n) is 7.30. The minimum Gasteiger partial charge on any atom is -0.389 e. The molecule has 0 aliphatic rings. The lowest BCUT2D eigenvalue weighted by Crippen LogP contribution is -2.40. The number of benzene rings is 1. The molecule has 0 fully saturated rings. The number of fused-ring (bicyclic) bond motifs is 1. The number of methoxy groups -OCH3 is 1. The van der Waals surface area contributed by atoms with Crippen LogP contribution < -0.4 is 5.32 Å². The maximum absolute atomic E-state index is 10.3. The minimum absolute atomic E-state index is 0.0661. The summed E-state index contributed by atoms with van der Waals surface area (Å²) >= 11 is 0. The molecule has 0 spiro atoms. The largest absolute Gasteiger partial charge is 0.389 e. The van der Waals surface area contributed by atoms with Gasteiger partial charge in [0.2, 0.25) is 0 Å². The second-order valence-electron chi connectivity index (χ2n) is 5.86. The molecule has 2 unspecified atom stereocenters. The molecule has 116 valence electrons. The Morgan fingerprint density at radius 1 is 1.43 bits per heavy atom. The summed E-state index contributed by atoms with van der Waals surface area (Å²) in [6.07, 6.45) is 0.603. The lowest BCUT2D eigenvalue weighted by atomic mass is 10.0. The van der Waals surface area contributed by atoms with E-state index in [1.54, 1.807) is 7.11 Å². The maximum Gasteiger partial charge on any atom is 0.126 e. The highest BCUT2D eigenvalue weighted by molar-refractivity contribution is 5.75. The molecule has 5 heteroatoms. The summed E-state index contributed by atoms with van der Waals surface area (Å²) in [5.74, 6) is 0.971. The summed E-state index contributed by atoms with van der Waals surface area (Å²) in [7, 11) is 3.66. The van der Waals surface area contributed by atoms with Crippen LogP contribution in [-0.4, -0.2) is 40.5 Å². The van der Waals surface area contributed by atoms with Crippen LogP contribution in [-0.2, 0) is 11.8 Å². The van der Waals surface area contributed by atoms with Crippen molar-refractivity contribution in [3.05, 3.63) is 30.1 Å². The zero-order chi connectivity index (χ0) is 15.5. The molecular weight excluding hydrogens is 266 g/mol. The molecule has 2 N–H and O–H groups in total. The van der Waals surface area contributed by atoms with E-state index in [4.69, 9.17) is 4.74 Å². The van der Waals surface area contributed by atoms with Crippen molar-refractivity contribution < 1.29 is 9.84 Å². The van der Waals surface area contributed by atoms with Gasteiger partial charge in [-0.2, -0.15) is 0 Å². The second kappa shape index (κ2) is 6.56. The minimum atomic E-state index is -0.783. The molecule has 1 aromatic heterocycles. The third-order valence-electron chi connectivity index (χ3n) is 3.84. The van der Waals surface area contributed by atoms with E-state index >= 15 is 0 Å². The van der Waals surface area contributed by atoms with Gasteiger partial charge in [-0.15, -0.1) is 0 Å². The molecule has 0 saturated heterocycles. The smallest absolute Gasteiger partial charge is 0.126 e. The predicted octanol–water partition coefficient (Wildman–Crippen LogP) is 2.01. The number of aryl methyl sites for hydroxylation is 1. The fraction of sp³-hybridized carbons (Fsp3) is 0.562. The number of rotatable bonds is 7. The van der Waals surface area contributed by atoms with Crippen molar-refractivity contribution in [3.63, 3.8) is 0 Å². The van der Waals surface area contributed by atoms with Gasteiger partial charge in [-0.1, -0.05) is 12.1 Å². The Labute approximate surface area is 125 Å². The number of nitrogens with one attached hydrogen (secondary N) is 1. The van der Waals surface area contributed by atoms with E-state index in [0.717, 1.165) is 16.9 Å². The number of hydrogen-bond donors (Lipinski definition) is 2. The summed E-state index contributed by atoms with van der Waals surface area (Å²) in [6.45, 7) is 4.93. The molecule has 0 aliphatic heterocycles. The summed E-state index contributed by atoms with van der Waals surface area (Å²) in [6, 6.07) is 8.15. The molecule has 0 aliphatic carbocycles. The summed E-state index contributed by atoms with van der Waals surface area (Å²) in [5, 5.41) is 13.6. The molecule has 2 aromatic rings. The quantitative estimate of drug-likeness (QED) is 0.819. The van der Waals surface area contributed by atoms with Gasteiger partial charge >= 0.3 is 0 Å². The lowest BCUT2D eigenvalue weighted by molar-refractivity contribution is 0.0229. The zero-order valence-corrected chi connectivity index (χ0v) is 13.3. The van der Waals surface area contributed by atoms with E-state index in [2.05, 4.69) is 27.9 Å². The Bertz CT molecular complexity index is 592. The first kappa shape index (κ1) is 15.9. The maximum atomic E-state index is 10.3. The molecule has 0 amide bonds. The first-order chi connectivity index (χ1) is 9.94. The molecule has 21 heavy (non-hydrogen) atoms. The number of para-hydroxylation sites is 2. The number of aliphatic hydroxyl groups is 1. The van der Waals surface area contributed by atoms with Gasteiger partial charge in [0, 0.05) is 33.7 Å². The van der Waals surface area contributed by atoms with E-state index in [9.17, 15) is 5.11 Å². The molecule has 1 heterocycles. The van der Waals surface area contributed by atoms with Crippen molar-refractivity contribution in [1.29, 1.82) is 0 Å². The van der Waals surface area contributed by atoms with E-state index in [0.29, 0.717) is 19.6 Å². The molecule has 0 radical (unpaired) electrons. The van der Waals surface area contributed by atoms with Crippen LogP contribution in [0.5, 0.6) is 0 Å². The SMILES string of the molecule is COCCC(C)(O)CNC(C)c1nc2ccccc2n1C. The molecule has 1 aromatic carbocycles. The topological polar surface area (TPSA) is 59.3 Å². The van der Waals surface area contributed by atoms with E-state index in [1.165, 1.54) is 0 Å². The number of aromatic nitrogens is 2. The van der Waals surface area contributed by atoms with Crippen molar-refractivity contribution in [3.8, 4) is 0 Å². The first-order valence-corrected chi connectivity index (χ1v) is 7.30. The Morgan fingerprint density at radius 3 is 2.81 bits per heavy atom. The summed E-state index contributed by atoms with van der Waals surface area (Å²) in [4.78, 5) is 4.67. The van der Waals surface area contributed by atoms with Gasteiger partial charge in [-0.25, -0.2) is 4.98 Å². The number of hydrogen-bond acceptors (Lipinski definition) is 4. The van der Waals surface area contributed by atoms with Crippen LogP contribution in [0.4, 0.5) is 0 Å². The summed E-state index contributed by atoms with van der Waals surface area (Å²) in [5.41, 5.74) is 1.33. The van der Waals surface area contributed by atoms with Crippen molar-refractivity contribution in [2.24, 2.45) is 7.05 Å². The van der Waals surface area contributed by atoms with Crippen LogP contribution >= 0.6 is 0 Å². The fourth-order valence-electron chi connectivity index (χ4n) is 2.43. The van der Waals surface area contributed by atoms with E-state index < -0.39 is 5.60 Å². The van der Waals surface area contributed by atoms with Gasteiger partial charge in [0.15, 0.2) is 0 Å². The Hall–Kier alpha value is -1.43. The van der Waals surface area contributed by atoms with Crippen molar-refractivity contribution in [1.82, 2.24) is 14.9 Å². The van der Waals surface area contributed by atoms with Crippen LogP contribution in [0.3, 0.4) is 0 Å². The molecule has 0 saturated carbocycles. The van der Waals surface area contributed by atoms with Crippen LogP contribution in [0.25, 0.3) is 11.0 Å². The molecule has 0 bridgehead atoms. The van der Waals surface area contributed by atoms with Gasteiger partial charge in [-0.05, 0) is 26.0 Å². The van der Waals surface area contributed by atoms with Crippen molar-refractivity contribution in [2.75, 3.05) is 20.3 Å². The van der Waals surface area contributed by atoms with Crippen LogP contribution in [0.15, 0.2) is 24.3 Å².